The number of aliphatic imine (C=N–C) groups is 1. The SMILES string of the molecule is O=C1CC(c2cccc(Cl)c2)=Nc2cc(Br)ccc2N1. The Morgan fingerprint density at radius 1 is 1.20 bits per heavy atom. The molecule has 0 spiro atoms. The normalized spacial score (nSPS) is 14.1. The molecule has 1 aliphatic heterocycles. The van der Waals surface area contributed by atoms with Crippen LogP contribution >= 0.6 is 27.5 Å². The van der Waals surface area contributed by atoms with Gasteiger partial charge in [-0.15, -0.1) is 0 Å². The lowest BCUT2D eigenvalue weighted by Crippen LogP contribution is -2.14. The Morgan fingerprint density at radius 2 is 2.05 bits per heavy atom. The summed E-state index contributed by atoms with van der Waals surface area (Å²) >= 11 is 9.42. The van der Waals surface area contributed by atoms with E-state index in [1.807, 2.05) is 36.4 Å². The molecule has 0 atom stereocenters. The fraction of sp³-hybridized carbons (Fsp3) is 0.0667. The minimum absolute atomic E-state index is 0.0789. The van der Waals surface area contributed by atoms with Gasteiger partial charge in [0.25, 0.3) is 0 Å². The molecular weight excluding hydrogens is 340 g/mol. The van der Waals surface area contributed by atoms with Gasteiger partial charge in [0.15, 0.2) is 0 Å². The van der Waals surface area contributed by atoms with Crippen molar-refractivity contribution < 1.29 is 4.79 Å². The van der Waals surface area contributed by atoms with E-state index in [1.54, 1.807) is 6.07 Å². The Morgan fingerprint density at radius 3 is 2.85 bits per heavy atom. The number of nitrogens with one attached hydrogen (secondary N) is 1. The van der Waals surface area contributed by atoms with Crippen molar-refractivity contribution in [3.63, 3.8) is 0 Å². The molecule has 0 bridgehead atoms. The lowest BCUT2D eigenvalue weighted by atomic mass is 10.1. The zero-order chi connectivity index (χ0) is 14.1. The standard InChI is InChI=1S/C15H10BrClN2O/c16-10-4-5-12-14(7-10)18-13(8-15(20)19-12)9-2-1-3-11(17)6-9/h1-7H,8H2,(H,19,20). The largest absolute Gasteiger partial charge is 0.324 e. The zero-order valence-corrected chi connectivity index (χ0v) is 12.7. The molecule has 0 saturated carbocycles. The fourth-order valence-corrected chi connectivity index (χ4v) is 2.61. The van der Waals surface area contributed by atoms with Crippen LogP contribution in [-0.2, 0) is 4.79 Å². The molecule has 100 valence electrons. The van der Waals surface area contributed by atoms with Crippen molar-refractivity contribution in [3.05, 3.63) is 57.5 Å². The summed E-state index contributed by atoms with van der Waals surface area (Å²) in [7, 11) is 0. The number of anilines is 1. The van der Waals surface area contributed by atoms with Gasteiger partial charge in [-0.05, 0) is 35.9 Å². The predicted molar refractivity (Wildman–Crippen MR) is 85.0 cm³/mol. The molecule has 0 radical (unpaired) electrons. The van der Waals surface area contributed by atoms with Crippen molar-refractivity contribution in [2.24, 2.45) is 4.99 Å². The van der Waals surface area contributed by atoms with Crippen molar-refractivity contribution >= 4 is 50.5 Å². The third-order valence-electron chi connectivity index (χ3n) is 2.98. The first-order chi connectivity index (χ1) is 9.61. The van der Waals surface area contributed by atoms with Crippen LogP contribution in [0, 0.1) is 0 Å². The molecule has 0 saturated heterocycles. The Balaban J connectivity index is 2.13. The summed E-state index contributed by atoms with van der Waals surface area (Å²) < 4.78 is 0.918. The van der Waals surface area contributed by atoms with Gasteiger partial charge >= 0.3 is 0 Å². The molecule has 2 aromatic rings. The van der Waals surface area contributed by atoms with Crippen LogP contribution in [0.2, 0.25) is 5.02 Å². The molecule has 1 N–H and O–H groups in total. The second-order valence-electron chi connectivity index (χ2n) is 4.46. The van der Waals surface area contributed by atoms with E-state index >= 15 is 0 Å². The Kier molecular flexibility index (Phi) is 3.59. The molecule has 3 nitrogen and oxygen atoms in total. The van der Waals surface area contributed by atoms with Crippen LogP contribution in [0.1, 0.15) is 12.0 Å². The average Bonchev–Trinajstić information content (AvgIpc) is 2.56. The molecule has 20 heavy (non-hydrogen) atoms. The van der Waals surface area contributed by atoms with Crippen LogP contribution in [0.15, 0.2) is 51.9 Å². The minimum atomic E-state index is -0.0789. The third kappa shape index (κ3) is 2.76. The van der Waals surface area contributed by atoms with Crippen LogP contribution < -0.4 is 5.32 Å². The van der Waals surface area contributed by atoms with Crippen LogP contribution in [0.5, 0.6) is 0 Å². The van der Waals surface area contributed by atoms with Gasteiger partial charge in [-0.25, -0.2) is 0 Å². The average molecular weight is 350 g/mol. The molecule has 1 aliphatic rings. The highest BCUT2D eigenvalue weighted by Gasteiger charge is 2.17. The van der Waals surface area contributed by atoms with Crippen molar-refractivity contribution in [2.75, 3.05) is 5.32 Å². The highest BCUT2D eigenvalue weighted by Crippen LogP contribution is 2.32. The quantitative estimate of drug-likeness (QED) is 0.805. The summed E-state index contributed by atoms with van der Waals surface area (Å²) in [4.78, 5) is 16.6. The number of carbonyl (C=O) groups is 1. The topological polar surface area (TPSA) is 41.5 Å². The van der Waals surface area contributed by atoms with Crippen LogP contribution in [-0.4, -0.2) is 11.6 Å². The molecule has 0 fully saturated rings. The molecule has 5 heteroatoms. The number of nitrogens with zero attached hydrogens (tertiary/aromatic N) is 1. The zero-order valence-electron chi connectivity index (χ0n) is 10.4. The predicted octanol–water partition coefficient (Wildman–Crippen LogP) is 4.57. The summed E-state index contributed by atoms with van der Waals surface area (Å²) in [5.74, 6) is -0.0789. The van der Waals surface area contributed by atoms with Crippen molar-refractivity contribution in [1.29, 1.82) is 0 Å². The van der Waals surface area contributed by atoms with Crippen LogP contribution in [0.25, 0.3) is 0 Å². The van der Waals surface area contributed by atoms with Gasteiger partial charge in [0.05, 0.1) is 23.5 Å². The first-order valence-corrected chi connectivity index (χ1v) is 7.22. The second kappa shape index (κ2) is 5.38. The van der Waals surface area contributed by atoms with Gasteiger partial charge in [0.2, 0.25) is 5.91 Å². The van der Waals surface area contributed by atoms with Gasteiger partial charge in [-0.3, -0.25) is 9.79 Å². The lowest BCUT2D eigenvalue weighted by molar-refractivity contribution is -0.115. The number of hydrogen-bond acceptors (Lipinski definition) is 2. The smallest absolute Gasteiger partial charge is 0.230 e. The van der Waals surface area contributed by atoms with Gasteiger partial charge in [0.1, 0.15) is 0 Å². The Hall–Kier alpha value is -1.65. The monoisotopic (exact) mass is 348 g/mol. The number of halogens is 2. The summed E-state index contributed by atoms with van der Waals surface area (Å²) in [6, 6.07) is 13.0. The molecule has 1 amide bonds. The first-order valence-electron chi connectivity index (χ1n) is 6.05. The summed E-state index contributed by atoms with van der Waals surface area (Å²) in [6.45, 7) is 0. The van der Waals surface area contributed by atoms with Crippen LogP contribution in [0.4, 0.5) is 11.4 Å². The molecule has 1 heterocycles. The van der Waals surface area contributed by atoms with Gasteiger partial charge in [-0.1, -0.05) is 39.7 Å². The maximum Gasteiger partial charge on any atom is 0.230 e. The maximum absolute atomic E-state index is 12.0. The molecule has 0 unspecified atom stereocenters. The van der Waals surface area contributed by atoms with Crippen molar-refractivity contribution in [3.8, 4) is 0 Å². The van der Waals surface area contributed by atoms with E-state index in [0.29, 0.717) is 10.7 Å². The molecule has 3 rings (SSSR count). The highest BCUT2D eigenvalue weighted by molar-refractivity contribution is 9.10. The van der Waals surface area contributed by atoms with E-state index in [0.717, 1.165) is 21.4 Å². The number of hydrogen-bond donors (Lipinski definition) is 1. The Labute approximate surface area is 129 Å². The second-order valence-corrected chi connectivity index (χ2v) is 5.81. The van der Waals surface area contributed by atoms with Gasteiger partial charge < -0.3 is 5.32 Å². The number of benzene rings is 2. The Bertz CT molecular complexity index is 728. The van der Waals surface area contributed by atoms with Crippen LogP contribution in [0.3, 0.4) is 0 Å². The van der Waals surface area contributed by atoms with Gasteiger partial charge in [0, 0.05) is 9.50 Å². The van der Waals surface area contributed by atoms with E-state index < -0.39 is 0 Å². The number of amides is 1. The van der Waals surface area contributed by atoms with E-state index in [4.69, 9.17) is 11.6 Å². The van der Waals surface area contributed by atoms with E-state index in [2.05, 4.69) is 26.2 Å². The number of rotatable bonds is 1. The summed E-state index contributed by atoms with van der Waals surface area (Å²) in [5, 5.41) is 3.49. The first kappa shape index (κ1) is 13.3. The molecule has 0 aromatic heterocycles. The fourth-order valence-electron chi connectivity index (χ4n) is 2.07. The van der Waals surface area contributed by atoms with Crippen molar-refractivity contribution in [1.82, 2.24) is 0 Å². The van der Waals surface area contributed by atoms with Crippen molar-refractivity contribution in [2.45, 2.75) is 6.42 Å². The number of carbonyl (C=O) groups excluding carboxylic acids is 1. The summed E-state index contributed by atoms with van der Waals surface area (Å²) in [5.41, 5.74) is 3.03. The van der Waals surface area contributed by atoms with E-state index in [-0.39, 0.29) is 12.3 Å². The maximum atomic E-state index is 12.0. The number of fused-ring (bicyclic) bond motifs is 1. The third-order valence-corrected chi connectivity index (χ3v) is 3.70. The molecule has 2 aromatic carbocycles. The molecular formula is C15H10BrClN2O. The highest BCUT2D eigenvalue weighted by atomic mass is 79.9. The minimum Gasteiger partial charge on any atom is -0.324 e. The molecule has 0 aliphatic carbocycles. The van der Waals surface area contributed by atoms with Gasteiger partial charge in [-0.2, -0.15) is 0 Å². The summed E-state index contributed by atoms with van der Waals surface area (Å²) in [6.07, 6.45) is 0.229. The van der Waals surface area contributed by atoms with E-state index in [1.165, 1.54) is 0 Å². The van der Waals surface area contributed by atoms with E-state index in [9.17, 15) is 4.79 Å². The lowest BCUT2D eigenvalue weighted by Gasteiger charge is -2.04.